The Morgan fingerprint density at radius 3 is 2.44 bits per heavy atom. The Bertz CT molecular complexity index is 582. The molecular formula is C13H9BrF2N2. The fourth-order valence-corrected chi connectivity index (χ4v) is 2.02. The van der Waals surface area contributed by atoms with Gasteiger partial charge in [-0.25, -0.2) is 8.78 Å². The van der Waals surface area contributed by atoms with Gasteiger partial charge in [0.1, 0.15) is 11.8 Å². The van der Waals surface area contributed by atoms with Crippen molar-refractivity contribution in [3.05, 3.63) is 53.3 Å². The Balaban J connectivity index is 2.46. The zero-order valence-electron chi connectivity index (χ0n) is 9.28. The van der Waals surface area contributed by atoms with Crippen LogP contribution >= 0.6 is 15.9 Å². The van der Waals surface area contributed by atoms with Crippen LogP contribution in [0, 0.1) is 11.3 Å². The predicted octanol–water partition coefficient (Wildman–Crippen LogP) is 4.18. The number of alkyl halides is 3. The molecule has 5 heteroatoms. The van der Waals surface area contributed by atoms with Crippen molar-refractivity contribution in [2.24, 2.45) is 0 Å². The molecule has 1 heterocycles. The summed E-state index contributed by atoms with van der Waals surface area (Å²) in [5.74, 6) is 0. The van der Waals surface area contributed by atoms with Gasteiger partial charge in [-0.3, -0.25) is 0 Å². The number of benzene rings is 1. The smallest absolute Gasteiger partial charge is 0.265 e. The van der Waals surface area contributed by atoms with E-state index in [1.54, 1.807) is 12.1 Å². The minimum atomic E-state index is -2.57. The van der Waals surface area contributed by atoms with Crippen LogP contribution in [0.3, 0.4) is 0 Å². The van der Waals surface area contributed by atoms with Crippen LogP contribution in [0.2, 0.25) is 0 Å². The number of nitrogens with zero attached hydrogens (tertiary/aromatic N) is 2. The third kappa shape index (κ3) is 2.44. The van der Waals surface area contributed by atoms with Crippen LogP contribution in [0.4, 0.5) is 8.78 Å². The van der Waals surface area contributed by atoms with Gasteiger partial charge >= 0.3 is 0 Å². The quantitative estimate of drug-likeness (QED) is 0.782. The van der Waals surface area contributed by atoms with E-state index in [2.05, 4.69) is 15.9 Å². The number of hydrogen-bond acceptors (Lipinski definition) is 1. The highest BCUT2D eigenvalue weighted by Crippen LogP contribution is 2.24. The van der Waals surface area contributed by atoms with Crippen molar-refractivity contribution >= 4 is 15.9 Å². The van der Waals surface area contributed by atoms with Gasteiger partial charge in [-0.05, 0) is 23.8 Å². The van der Waals surface area contributed by atoms with Gasteiger partial charge < -0.3 is 4.57 Å². The summed E-state index contributed by atoms with van der Waals surface area (Å²) >= 11 is 3.33. The molecule has 1 aromatic carbocycles. The summed E-state index contributed by atoms with van der Waals surface area (Å²) in [6.07, 6.45) is -1.27. The Hall–Kier alpha value is -1.67. The van der Waals surface area contributed by atoms with Crippen molar-refractivity contribution in [1.29, 1.82) is 5.26 Å². The number of hydrogen-bond donors (Lipinski definition) is 0. The predicted molar refractivity (Wildman–Crippen MR) is 68.1 cm³/mol. The van der Waals surface area contributed by atoms with Crippen LogP contribution in [0.1, 0.15) is 23.2 Å². The average molecular weight is 311 g/mol. The van der Waals surface area contributed by atoms with Gasteiger partial charge in [0.2, 0.25) is 0 Å². The molecule has 0 N–H and O–H groups in total. The van der Waals surface area contributed by atoms with E-state index in [9.17, 15) is 8.78 Å². The van der Waals surface area contributed by atoms with E-state index in [0.29, 0.717) is 5.69 Å². The minimum absolute atomic E-state index is 0.142. The Morgan fingerprint density at radius 1 is 1.28 bits per heavy atom. The molecule has 0 amide bonds. The molecule has 92 valence electrons. The lowest BCUT2D eigenvalue weighted by molar-refractivity contribution is 0.151. The van der Waals surface area contributed by atoms with E-state index in [1.807, 2.05) is 18.2 Å². The molecule has 0 spiro atoms. The Morgan fingerprint density at radius 2 is 1.94 bits per heavy atom. The lowest BCUT2D eigenvalue weighted by Crippen LogP contribution is -1.95. The summed E-state index contributed by atoms with van der Waals surface area (Å²) in [6, 6.07) is 10.5. The maximum atomic E-state index is 12.6. The van der Waals surface area contributed by atoms with Crippen molar-refractivity contribution in [3.63, 3.8) is 0 Å². The standard InChI is InChI=1S/C13H9BrF2N2/c14-6-9-1-3-11(4-2-9)18-8-10(13(15)16)5-12(18)7-17/h1-5,8,13H,6H2. The summed E-state index contributed by atoms with van der Waals surface area (Å²) in [4.78, 5) is 0. The van der Waals surface area contributed by atoms with E-state index in [4.69, 9.17) is 5.26 Å². The number of nitriles is 1. The monoisotopic (exact) mass is 310 g/mol. The summed E-state index contributed by atoms with van der Waals surface area (Å²) in [5, 5.41) is 9.68. The van der Waals surface area contributed by atoms with Gasteiger partial charge in [0.15, 0.2) is 0 Å². The van der Waals surface area contributed by atoms with Crippen molar-refractivity contribution in [2.75, 3.05) is 0 Å². The molecule has 0 unspecified atom stereocenters. The molecule has 0 saturated heterocycles. The van der Waals surface area contributed by atoms with Gasteiger partial charge in [0.25, 0.3) is 6.43 Å². The zero-order valence-corrected chi connectivity index (χ0v) is 10.9. The maximum absolute atomic E-state index is 12.6. The molecule has 18 heavy (non-hydrogen) atoms. The van der Waals surface area contributed by atoms with E-state index in [0.717, 1.165) is 10.9 Å². The van der Waals surface area contributed by atoms with Gasteiger partial charge in [-0.15, -0.1) is 0 Å². The SMILES string of the molecule is N#Cc1cc(C(F)F)cn1-c1ccc(CBr)cc1. The minimum Gasteiger partial charge on any atom is -0.308 e. The Kier molecular flexibility index (Phi) is 3.78. The first-order valence-corrected chi connectivity index (χ1v) is 6.33. The fraction of sp³-hybridized carbons (Fsp3) is 0.154. The highest BCUT2D eigenvalue weighted by Gasteiger charge is 2.14. The molecule has 0 fully saturated rings. The van der Waals surface area contributed by atoms with E-state index >= 15 is 0 Å². The highest BCUT2D eigenvalue weighted by molar-refractivity contribution is 9.08. The lowest BCUT2D eigenvalue weighted by atomic mass is 10.2. The van der Waals surface area contributed by atoms with Gasteiger partial charge in [0.05, 0.1) is 0 Å². The molecule has 0 aliphatic carbocycles. The third-order valence-corrected chi connectivity index (χ3v) is 3.22. The first-order valence-electron chi connectivity index (χ1n) is 5.21. The molecule has 0 atom stereocenters. The van der Waals surface area contributed by atoms with Crippen LogP contribution in [0.5, 0.6) is 0 Å². The normalized spacial score (nSPS) is 10.6. The first-order chi connectivity index (χ1) is 8.65. The number of rotatable bonds is 3. The second kappa shape index (κ2) is 5.32. The molecule has 0 saturated carbocycles. The van der Waals surface area contributed by atoms with Crippen LogP contribution in [0.25, 0.3) is 5.69 Å². The molecule has 0 aliphatic heterocycles. The van der Waals surface area contributed by atoms with Gasteiger partial charge in [-0.2, -0.15) is 5.26 Å². The molecular weight excluding hydrogens is 302 g/mol. The summed E-state index contributed by atoms with van der Waals surface area (Å²) < 4.78 is 26.7. The number of halogens is 3. The molecule has 2 nitrogen and oxygen atoms in total. The van der Waals surface area contributed by atoms with Crippen LogP contribution in [0.15, 0.2) is 36.5 Å². The second-order valence-corrected chi connectivity index (χ2v) is 4.30. The summed E-state index contributed by atoms with van der Waals surface area (Å²) in [6.45, 7) is 0. The molecule has 0 aliphatic rings. The fourth-order valence-electron chi connectivity index (χ4n) is 1.65. The molecule has 2 rings (SSSR count). The third-order valence-electron chi connectivity index (χ3n) is 2.58. The molecule has 1 aromatic heterocycles. The number of aromatic nitrogens is 1. The van der Waals surface area contributed by atoms with E-state index < -0.39 is 6.43 Å². The molecule has 0 radical (unpaired) electrons. The lowest BCUT2D eigenvalue weighted by Gasteiger charge is -2.05. The largest absolute Gasteiger partial charge is 0.308 e. The maximum Gasteiger partial charge on any atom is 0.265 e. The first kappa shape index (κ1) is 12.8. The van der Waals surface area contributed by atoms with Crippen LogP contribution in [-0.4, -0.2) is 4.57 Å². The van der Waals surface area contributed by atoms with Crippen LogP contribution < -0.4 is 0 Å². The van der Waals surface area contributed by atoms with Crippen molar-refractivity contribution in [3.8, 4) is 11.8 Å². The Labute approximate surface area is 112 Å². The average Bonchev–Trinajstić information content (AvgIpc) is 2.83. The molecule has 0 bridgehead atoms. The highest BCUT2D eigenvalue weighted by atomic mass is 79.9. The topological polar surface area (TPSA) is 28.7 Å². The van der Waals surface area contributed by atoms with Crippen LogP contribution in [-0.2, 0) is 5.33 Å². The molecule has 2 aromatic rings. The van der Waals surface area contributed by atoms with Crippen molar-refractivity contribution in [1.82, 2.24) is 4.57 Å². The zero-order chi connectivity index (χ0) is 13.1. The van der Waals surface area contributed by atoms with E-state index in [1.165, 1.54) is 16.8 Å². The second-order valence-electron chi connectivity index (χ2n) is 3.74. The van der Waals surface area contributed by atoms with Crippen molar-refractivity contribution in [2.45, 2.75) is 11.8 Å². The van der Waals surface area contributed by atoms with Crippen molar-refractivity contribution < 1.29 is 8.78 Å². The van der Waals surface area contributed by atoms with Gasteiger partial charge in [-0.1, -0.05) is 28.1 Å². The van der Waals surface area contributed by atoms with E-state index in [-0.39, 0.29) is 11.3 Å². The summed E-state index contributed by atoms with van der Waals surface area (Å²) in [5.41, 5.74) is 1.84. The van der Waals surface area contributed by atoms with Gasteiger partial charge in [0, 0.05) is 22.8 Å². The summed E-state index contributed by atoms with van der Waals surface area (Å²) in [7, 11) is 0.